The van der Waals surface area contributed by atoms with Crippen molar-refractivity contribution in [1.29, 1.82) is 0 Å². The van der Waals surface area contributed by atoms with Crippen LogP contribution in [-0.2, 0) is 0 Å². The zero-order valence-corrected chi connectivity index (χ0v) is 11.3. The summed E-state index contributed by atoms with van der Waals surface area (Å²) in [7, 11) is 0. The summed E-state index contributed by atoms with van der Waals surface area (Å²) in [6.07, 6.45) is -6.10. The number of rotatable bonds is 3. The topological polar surface area (TPSA) is 55.2 Å². The molecule has 0 aliphatic rings. The molecule has 2 rings (SSSR count). The molecule has 0 aliphatic heterocycles. The van der Waals surface area contributed by atoms with Crippen LogP contribution in [0.1, 0.15) is 28.6 Å². The predicted octanol–water partition coefficient (Wildman–Crippen LogP) is 3.07. The van der Waals surface area contributed by atoms with E-state index in [1.165, 1.54) is 18.2 Å². The summed E-state index contributed by atoms with van der Waals surface area (Å²) in [6, 6.07) is 7.04. The van der Waals surface area contributed by atoms with Crippen LogP contribution in [0.2, 0.25) is 0 Å². The van der Waals surface area contributed by atoms with E-state index in [4.69, 9.17) is 0 Å². The monoisotopic (exact) mass is 298 g/mol. The highest BCUT2D eigenvalue weighted by Crippen LogP contribution is 2.34. The average molecular weight is 298 g/mol. The Balaban J connectivity index is 2.44. The van der Waals surface area contributed by atoms with E-state index in [1.807, 2.05) is 0 Å². The molecule has 7 heteroatoms. The first-order chi connectivity index (χ1) is 9.78. The SMILES string of the molecule is Cc1cc(C(O)c2ccccc2OC(F)(F)F)c(C)nn1. The summed E-state index contributed by atoms with van der Waals surface area (Å²) in [4.78, 5) is 0. The Bertz CT molecular complexity index is 644. The number of alkyl halides is 3. The molecule has 0 saturated carbocycles. The molecule has 1 unspecified atom stereocenters. The van der Waals surface area contributed by atoms with Crippen molar-refractivity contribution < 1.29 is 23.0 Å². The quantitative estimate of drug-likeness (QED) is 0.946. The van der Waals surface area contributed by atoms with E-state index >= 15 is 0 Å². The maximum absolute atomic E-state index is 12.4. The van der Waals surface area contributed by atoms with Crippen LogP contribution >= 0.6 is 0 Å². The molecule has 112 valence electrons. The molecule has 0 saturated heterocycles. The Morgan fingerprint density at radius 3 is 2.43 bits per heavy atom. The summed E-state index contributed by atoms with van der Waals surface area (Å²) in [5.74, 6) is -0.439. The van der Waals surface area contributed by atoms with Gasteiger partial charge in [-0.3, -0.25) is 0 Å². The summed E-state index contributed by atoms with van der Waals surface area (Å²) >= 11 is 0. The van der Waals surface area contributed by atoms with E-state index in [-0.39, 0.29) is 5.56 Å². The summed E-state index contributed by atoms with van der Waals surface area (Å²) < 4.78 is 41.2. The van der Waals surface area contributed by atoms with Crippen LogP contribution in [0.15, 0.2) is 30.3 Å². The smallest absolute Gasteiger partial charge is 0.405 e. The first-order valence-corrected chi connectivity index (χ1v) is 6.11. The van der Waals surface area contributed by atoms with Crippen molar-refractivity contribution >= 4 is 0 Å². The molecule has 4 nitrogen and oxygen atoms in total. The maximum atomic E-state index is 12.4. The number of hydrogen-bond donors (Lipinski definition) is 1. The number of aryl methyl sites for hydroxylation is 2. The molecule has 0 fully saturated rings. The molecule has 1 heterocycles. The van der Waals surface area contributed by atoms with Crippen molar-refractivity contribution in [2.45, 2.75) is 26.3 Å². The Morgan fingerprint density at radius 2 is 1.76 bits per heavy atom. The minimum atomic E-state index is -4.82. The van der Waals surface area contributed by atoms with Crippen LogP contribution in [0.5, 0.6) is 5.75 Å². The fourth-order valence-electron chi connectivity index (χ4n) is 1.94. The third-order valence-corrected chi connectivity index (χ3v) is 2.87. The molecule has 21 heavy (non-hydrogen) atoms. The fourth-order valence-corrected chi connectivity index (χ4v) is 1.94. The van der Waals surface area contributed by atoms with Gasteiger partial charge in [0.2, 0.25) is 0 Å². The van der Waals surface area contributed by atoms with E-state index in [2.05, 4.69) is 14.9 Å². The molecule has 2 aromatic rings. The van der Waals surface area contributed by atoms with E-state index < -0.39 is 18.2 Å². The van der Waals surface area contributed by atoms with E-state index in [9.17, 15) is 18.3 Å². The number of hydrogen-bond acceptors (Lipinski definition) is 4. The van der Waals surface area contributed by atoms with Gasteiger partial charge in [0.1, 0.15) is 11.9 Å². The van der Waals surface area contributed by atoms with Crippen LogP contribution < -0.4 is 4.74 Å². The van der Waals surface area contributed by atoms with Crippen LogP contribution in [0.3, 0.4) is 0 Å². The molecule has 1 aromatic heterocycles. The molecule has 1 atom stereocenters. The molecular formula is C14H13F3N2O2. The second kappa shape index (κ2) is 5.69. The molecular weight excluding hydrogens is 285 g/mol. The molecule has 1 N–H and O–H groups in total. The lowest BCUT2D eigenvalue weighted by atomic mass is 9.99. The Hall–Kier alpha value is -2.15. The second-order valence-corrected chi connectivity index (χ2v) is 4.51. The van der Waals surface area contributed by atoms with Gasteiger partial charge in [0.15, 0.2) is 0 Å². The number of halogens is 3. The standard InChI is InChI=1S/C14H13F3N2O2/c1-8-7-11(9(2)19-18-8)13(20)10-5-3-4-6-12(10)21-14(15,16)17/h3-7,13,20H,1-2H3. The number of aliphatic hydroxyl groups excluding tert-OH is 1. The minimum Gasteiger partial charge on any atom is -0.405 e. The van der Waals surface area contributed by atoms with Gasteiger partial charge in [0.05, 0.1) is 11.4 Å². The third-order valence-electron chi connectivity index (χ3n) is 2.87. The van der Waals surface area contributed by atoms with Gasteiger partial charge in [-0.2, -0.15) is 10.2 Å². The van der Waals surface area contributed by atoms with Gasteiger partial charge in [-0.1, -0.05) is 18.2 Å². The van der Waals surface area contributed by atoms with Crippen LogP contribution in [0.25, 0.3) is 0 Å². The number of aromatic nitrogens is 2. The zero-order valence-electron chi connectivity index (χ0n) is 11.3. The highest BCUT2D eigenvalue weighted by Gasteiger charge is 2.33. The first kappa shape index (κ1) is 15.2. The van der Waals surface area contributed by atoms with Crippen molar-refractivity contribution in [3.8, 4) is 5.75 Å². The number of benzene rings is 1. The molecule has 0 radical (unpaired) electrons. The van der Waals surface area contributed by atoms with E-state index in [0.717, 1.165) is 6.07 Å². The normalized spacial score (nSPS) is 13.0. The van der Waals surface area contributed by atoms with Gasteiger partial charge in [-0.15, -0.1) is 13.2 Å². The number of ether oxygens (including phenoxy) is 1. The summed E-state index contributed by atoms with van der Waals surface area (Å²) in [5.41, 5.74) is 1.41. The van der Waals surface area contributed by atoms with Crippen molar-refractivity contribution in [3.63, 3.8) is 0 Å². The Morgan fingerprint density at radius 1 is 1.10 bits per heavy atom. The molecule has 1 aromatic carbocycles. The van der Waals surface area contributed by atoms with Crippen LogP contribution in [0, 0.1) is 13.8 Å². The Kier molecular flexibility index (Phi) is 4.13. The Labute approximate surface area is 119 Å². The lowest BCUT2D eigenvalue weighted by molar-refractivity contribution is -0.275. The van der Waals surface area contributed by atoms with Gasteiger partial charge in [0, 0.05) is 11.1 Å². The van der Waals surface area contributed by atoms with Crippen molar-refractivity contribution in [1.82, 2.24) is 10.2 Å². The van der Waals surface area contributed by atoms with Gasteiger partial charge in [-0.25, -0.2) is 0 Å². The van der Waals surface area contributed by atoms with Crippen LogP contribution in [-0.4, -0.2) is 21.7 Å². The van der Waals surface area contributed by atoms with E-state index in [0.29, 0.717) is 17.0 Å². The minimum absolute atomic E-state index is 0.0188. The third kappa shape index (κ3) is 3.69. The largest absolute Gasteiger partial charge is 0.573 e. The zero-order chi connectivity index (χ0) is 15.6. The van der Waals surface area contributed by atoms with E-state index in [1.54, 1.807) is 19.9 Å². The van der Waals surface area contributed by atoms with Gasteiger partial charge in [-0.05, 0) is 26.0 Å². The van der Waals surface area contributed by atoms with Crippen molar-refractivity contribution in [2.24, 2.45) is 0 Å². The molecule has 0 spiro atoms. The second-order valence-electron chi connectivity index (χ2n) is 4.51. The van der Waals surface area contributed by atoms with Gasteiger partial charge in [0.25, 0.3) is 0 Å². The van der Waals surface area contributed by atoms with Crippen molar-refractivity contribution in [2.75, 3.05) is 0 Å². The predicted molar refractivity (Wildman–Crippen MR) is 68.7 cm³/mol. The van der Waals surface area contributed by atoms with Crippen molar-refractivity contribution in [3.05, 3.63) is 52.8 Å². The number of aliphatic hydroxyl groups is 1. The first-order valence-electron chi connectivity index (χ1n) is 6.11. The lowest BCUT2D eigenvalue weighted by Crippen LogP contribution is -2.19. The molecule has 0 aliphatic carbocycles. The highest BCUT2D eigenvalue weighted by atomic mass is 19.4. The lowest BCUT2D eigenvalue weighted by Gasteiger charge is -2.18. The molecule has 0 bridgehead atoms. The number of nitrogens with zero attached hydrogens (tertiary/aromatic N) is 2. The average Bonchev–Trinajstić information content (AvgIpc) is 2.39. The number of para-hydroxylation sites is 1. The summed E-state index contributed by atoms with van der Waals surface area (Å²) in [6.45, 7) is 3.30. The fraction of sp³-hybridized carbons (Fsp3) is 0.286. The highest BCUT2D eigenvalue weighted by molar-refractivity contribution is 5.41. The van der Waals surface area contributed by atoms with Crippen LogP contribution in [0.4, 0.5) is 13.2 Å². The molecule has 0 amide bonds. The maximum Gasteiger partial charge on any atom is 0.573 e. The summed E-state index contributed by atoms with van der Waals surface area (Å²) in [5, 5.41) is 18.0. The van der Waals surface area contributed by atoms with Gasteiger partial charge < -0.3 is 9.84 Å². The van der Waals surface area contributed by atoms with Gasteiger partial charge >= 0.3 is 6.36 Å².